The van der Waals surface area contributed by atoms with E-state index in [1.165, 1.54) is 79.6 Å². The van der Waals surface area contributed by atoms with E-state index in [2.05, 4.69) is 110 Å². The van der Waals surface area contributed by atoms with Gasteiger partial charge in [-0.25, -0.2) is 0 Å². The van der Waals surface area contributed by atoms with Crippen LogP contribution in [0.5, 0.6) is 0 Å². The van der Waals surface area contributed by atoms with Gasteiger partial charge >= 0.3 is 41.6 Å². The fraction of sp³-hybridized carbons (Fsp3) is 0.222. The molecule has 0 aliphatic heterocycles. The number of halogens is 2. The molecule has 0 aliphatic rings. The van der Waals surface area contributed by atoms with Crippen LogP contribution >= 0.6 is 0 Å². The summed E-state index contributed by atoms with van der Waals surface area (Å²) in [6, 6.07) is 34.3. The summed E-state index contributed by atoms with van der Waals surface area (Å²) in [6.07, 6.45) is 8.32. The second kappa shape index (κ2) is 18.3. The largest absolute Gasteiger partial charge is 1.00 e. The van der Waals surface area contributed by atoms with Gasteiger partial charge in [0, 0.05) is 12.4 Å². The number of aromatic nitrogens is 2. The van der Waals surface area contributed by atoms with Crippen molar-refractivity contribution < 1.29 is 47.8 Å². The first-order valence-corrected chi connectivity index (χ1v) is 22.1. The zero-order valence-corrected chi connectivity index (χ0v) is 31.0. The SMILES string of the molecule is CCCc1cc(-c2ccccn2)c2cc[cH-]c2c1.CCCc1cc(-c2ccccn2)c2cc[cH-]c2c1.C[Si](C)=[Hf+2].[Cl-].[Cl-]. The maximum atomic E-state index is 4.48. The second-order valence-corrected chi connectivity index (χ2v) is 23.1. The molecular formula is C36H38Cl2HfN2Si-2. The maximum absolute atomic E-state index is 4.48. The minimum atomic E-state index is 0. The van der Waals surface area contributed by atoms with Crippen molar-refractivity contribution in [1.82, 2.24) is 9.97 Å². The first-order chi connectivity index (χ1) is 19.5. The van der Waals surface area contributed by atoms with Gasteiger partial charge in [0.05, 0.1) is 11.4 Å². The molecule has 0 amide bonds. The van der Waals surface area contributed by atoms with Crippen LogP contribution in [0.15, 0.2) is 109 Å². The third kappa shape index (κ3) is 9.84. The Balaban J connectivity index is 0.000000250. The maximum Gasteiger partial charge on any atom is -1.00 e. The van der Waals surface area contributed by atoms with Crippen LogP contribution in [0, 0.1) is 0 Å². The summed E-state index contributed by atoms with van der Waals surface area (Å²) in [5.74, 6) is 0. The van der Waals surface area contributed by atoms with Crippen molar-refractivity contribution in [2.75, 3.05) is 0 Å². The number of nitrogens with zero attached hydrogens (tertiary/aromatic N) is 2. The van der Waals surface area contributed by atoms with E-state index in [-0.39, 0.29) is 30.3 Å². The predicted octanol–water partition coefficient (Wildman–Crippen LogP) is 3.94. The summed E-state index contributed by atoms with van der Waals surface area (Å²) in [7, 11) is 0. The molecule has 0 atom stereocenters. The molecule has 0 radical (unpaired) electrons. The van der Waals surface area contributed by atoms with Crippen LogP contribution in [0.4, 0.5) is 0 Å². The summed E-state index contributed by atoms with van der Waals surface area (Å²) in [5, 5.41) is 5.24. The topological polar surface area (TPSA) is 25.8 Å². The Bertz CT molecular complexity index is 1540. The van der Waals surface area contributed by atoms with Crippen LogP contribution in [0.1, 0.15) is 37.8 Å². The first-order valence-electron chi connectivity index (χ1n) is 14.2. The summed E-state index contributed by atoms with van der Waals surface area (Å²) in [6.45, 7) is 9.10. The normalized spacial score (nSPS) is 10.0. The molecule has 0 saturated heterocycles. The monoisotopic (exact) mass is 776 g/mol. The molecule has 0 fully saturated rings. The van der Waals surface area contributed by atoms with Crippen molar-refractivity contribution in [3.05, 3.63) is 121 Å². The van der Waals surface area contributed by atoms with Crippen molar-refractivity contribution in [3.63, 3.8) is 0 Å². The third-order valence-corrected chi connectivity index (χ3v) is 6.58. The molecule has 2 aromatic heterocycles. The van der Waals surface area contributed by atoms with Crippen molar-refractivity contribution in [2.24, 2.45) is 0 Å². The summed E-state index contributed by atoms with van der Waals surface area (Å²) in [4.78, 5) is 8.96. The van der Waals surface area contributed by atoms with Crippen LogP contribution in [0.25, 0.3) is 44.1 Å². The van der Waals surface area contributed by atoms with Gasteiger partial charge < -0.3 is 24.8 Å². The average molecular weight is 776 g/mol. The van der Waals surface area contributed by atoms with Crippen molar-refractivity contribution in [2.45, 2.75) is 52.6 Å². The van der Waals surface area contributed by atoms with E-state index in [4.69, 9.17) is 0 Å². The van der Waals surface area contributed by atoms with Gasteiger partial charge in [0.1, 0.15) is 0 Å². The number of hydrogen-bond acceptors (Lipinski definition) is 2. The van der Waals surface area contributed by atoms with Crippen molar-refractivity contribution in [1.29, 1.82) is 0 Å². The molecule has 0 unspecified atom stereocenters. The Morgan fingerprint density at radius 3 is 1.38 bits per heavy atom. The second-order valence-electron chi connectivity index (χ2n) is 10.3. The number of rotatable bonds is 6. The first kappa shape index (κ1) is 35.8. The van der Waals surface area contributed by atoms with Crippen molar-refractivity contribution in [3.8, 4) is 22.5 Å². The molecule has 216 valence electrons. The molecule has 0 saturated carbocycles. The standard InChI is InChI=1S/2C17H16N.C2H6Si.2ClH.Hf/c2*1-2-6-13-11-14-7-5-8-15(14)16(12-13)17-9-3-4-10-18-17;1-3-2;;;/h2*3-5,7-12H,2,6H2,1H3;1-2H3;2*1H;/q2*-1;;;;+2/p-2. The Kier molecular flexibility index (Phi) is 15.6. The Morgan fingerprint density at radius 1 is 0.643 bits per heavy atom. The quantitative estimate of drug-likeness (QED) is 0.190. The Hall–Kier alpha value is -2.37. The minimum Gasteiger partial charge on any atom is -1.00 e. The van der Waals surface area contributed by atoms with E-state index in [1.54, 1.807) is 0 Å². The van der Waals surface area contributed by atoms with Crippen molar-refractivity contribution >= 4 is 27.0 Å². The van der Waals surface area contributed by atoms with Crippen LogP contribution in [0.2, 0.25) is 13.1 Å². The fourth-order valence-electron chi connectivity index (χ4n) is 4.95. The molecule has 0 spiro atoms. The number of hydrogen-bond donors (Lipinski definition) is 0. The molecule has 6 aromatic rings. The smallest absolute Gasteiger partial charge is 1.00 e. The van der Waals surface area contributed by atoms with E-state index >= 15 is 0 Å². The number of pyridine rings is 2. The summed E-state index contributed by atoms with van der Waals surface area (Å²) < 4.78 is 0. The Morgan fingerprint density at radius 2 is 1.05 bits per heavy atom. The Labute approximate surface area is 278 Å². The molecule has 2 heterocycles. The van der Waals surface area contributed by atoms with E-state index in [9.17, 15) is 0 Å². The van der Waals surface area contributed by atoms with Crippen LogP contribution in [-0.2, 0) is 35.8 Å². The molecule has 0 bridgehead atoms. The van der Waals surface area contributed by atoms with E-state index < -0.39 is 0 Å². The van der Waals surface area contributed by atoms with Crippen LogP contribution < -0.4 is 24.8 Å². The molecular weight excluding hydrogens is 738 g/mol. The van der Waals surface area contributed by atoms with Gasteiger partial charge in [0.25, 0.3) is 0 Å². The van der Waals surface area contributed by atoms with Gasteiger partial charge in [-0.3, -0.25) is 9.97 Å². The number of benzene rings is 2. The molecule has 0 aliphatic carbocycles. The summed E-state index contributed by atoms with van der Waals surface area (Å²) >= 11 is 1.45. The molecule has 0 N–H and O–H groups in total. The molecule has 6 heteroatoms. The van der Waals surface area contributed by atoms with Gasteiger partial charge in [-0.05, 0) is 48.2 Å². The number of fused-ring (bicyclic) bond motifs is 2. The van der Waals surface area contributed by atoms with E-state index in [0.717, 1.165) is 24.2 Å². The summed E-state index contributed by atoms with van der Waals surface area (Å²) in [5.41, 5.74) is 7.69. The zero-order valence-electron chi connectivity index (χ0n) is 24.9. The van der Waals surface area contributed by atoms with E-state index in [0.29, 0.717) is 0 Å². The number of aryl methyl sites for hydroxylation is 2. The van der Waals surface area contributed by atoms with Crippen LogP contribution in [0.3, 0.4) is 0 Å². The van der Waals surface area contributed by atoms with Crippen LogP contribution in [-0.4, -0.2) is 15.5 Å². The van der Waals surface area contributed by atoms with Gasteiger partial charge in [-0.1, -0.05) is 62.1 Å². The average Bonchev–Trinajstić information content (AvgIpc) is 3.63. The minimum absolute atomic E-state index is 0. The molecule has 2 nitrogen and oxygen atoms in total. The zero-order chi connectivity index (χ0) is 28.3. The van der Waals surface area contributed by atoms with Gasteiger partial charge in [0.2, 0.25) is 0 Å². The third-order valence-electron chi connectivity index (χ3n) is 6.58. The van der Waals surface area contributed by atoms with Gasteiger partial charge in [-0.2, -0.15) is 24.3 Å². The molecule has 4 aromatic carbocycles. The predicted molar refractivity (Wildman–Crippen MR) is 171 cm³/mol. The molecule has 42 heavy (non-hydrogen) atoms. The fourth-order valence-corrected chi connectivity index (χ4v) is 4.95. The van der Waals surface area contributed by atoms with Gasteiger partial charge in [0.15, 0.2) is 0 Å². The van der Waals surface area contributed by atoms with Gasteiger partial charge in [-0.15, -0.1) is 45.8 Å². The van der Waals surface area contributed by atoms with E-state index in [1.807, 2.05) is 36.7 Å². The molecule has 6 rings (SSSR count).